The second-order valence-electron chi connectivity index (χ2n) is 5.16. The molecule has 0 saturated carbocycles. The van der Waals surface area contributed by atoms with E-state index in [1.54, 1.807) is 6.33 Å². The molecule has 1 atom stereocenters. The van der Waals surface area contributed by atoms with Crippen LogP contribution in [-0.2, 0) is 13.1 Å². The van der Waals surface area contributed by atoms with Crippen molar-refractivity contribution in [3.05, 3.63) is 30.4 Å². The van der Waals surface area contributed by atoms with Crippen molar-refractivity contribution in [2.75, 3.05) is 0 Å². The lowest BCUT2D eigenvalue weighted by molar-refractivity contribution is 0.450. The molecule has 1 unspecified atom stereocenters. The highest BCUT2D eigenvalue weighted by molar-refractivity contribution is 4.91. The van der Waals surface area contributed by atoms with Crippen molar-refractivity contribution in [2.45, 2.75) is 52.9 Å². The van der Waals surface area contributed by atoms with Gasteiger partial charge in [0.25, 0.3) is 0 Å². The highest BCUT2D eigenvalue weighted by Gasteiger charge is 2.09. The van der Waals surface area contributed by atoms with Gasteiger partial charge >= 0.3 is 0 Å². The van der Waals surface area contributed by atoms with Crippen LogP contribution in [0.5, 0.6) is 0 Å². The van der Waals surface area contributed by atoms with Crippen LogP contribution in [0.25, 0.3) is 0 Å². The Hall–Kier alpha value is -1.69. The Morgan fingerprint density at radius 3 is 2.74 bits per heavy atom. The number of aromatic nitrogens is 5. The van der Waals surface area contributed by atoms with Gasteiger partial charge in [-0.2, -0.15) is 0 Å². The maximum absolute atomic E-state index is 4.23. The maximum atomic E-state index is 4.23. The largest absolute Gasteiger partial charge is 0.334 e. The van der Waals surface area contributed by atoms with Crippen LogP contribution in [0.1, 0.15) is 38.5 Å². The SMILES string of the molecule is Cc1nccn1CC(C)NCc1nncn1C(C)C. The monoisotopic (exact) mass is 262 g/mol. The quantitative estimate of drug-likeness (QED) is 0.858. The summed E-state index contributed by atoms with van der Waals surface area (Å²) >= 11 is 0. The molecule has 0 aliphatic rings. The first-order chi connectivity index (χ1) is 9.08. The molecule has 0 aliphatic heterocycles. The van der Waals surface area contributed by atoms with Crippen molar-refractivity contribution in [1.29, 1.82) is 0 Å². The predicted octanol–water partition coefficient (Wildman–Crippen LogP) is 1.54. The molecule has 2 heterocycles. The van der Waals surface area contributed by atoms with Crippen LogP contribution in [0.2, 0.25) is 0 Å². The third kappa shape index (κ3) is 3.41. The first kappa shape index (κ1) is 13.7. The summed E-state index contributed by atoms with van der Waals surface area (Å²) in [5, 5.41) is 11.6. The molecule has 2 aromatic heterocycles. The highest BCUT2D eigenvalue weighted by Crippen LogP contribution is 2.06. The summed E-state index contributed by atoms with van der Waals surface area (Å²) in [6.07, 6.45) is 5.62. The summed E-state index contributed by atoms with van der Waals surface area (Å²) in [5.74, 6) is 2.02. The summed E-state index contributed by atoms with van der Waals surface area (Å²) < 4.78 is 4.23. The Morgan fingerprint density at radius 2 is 2.11 bits per heavy atom. The van der Waals surface area contributed by atoms with Gasteiger partial charge in [0.05, 0.1) is 6.54 Å². The standard InChI is InChI=1S/C13H22N6/c1-10(2)19-9-16-17-13(19)7-15-11(3)8-18-6-5-14-12(18)4/h5-6,9-11,15H,7-8H2,1-4H3. The molecule has 0 aliphatic carbocycles. The minimum atomic E-state index is 0.352. The second-order valence-corrected chi connectivity index (χ2v) is 5.16. The molecule has 0 bridgehead atoms. The van der Waals surface area contributed by atoms with Gasteiger partial charge in [-0.1, -0.05) is 0 Å². The molecule has 0 amide bonds. The minimum absolute atomic E-state index is 0.352. The molecule has 104 valence electrons. The van der Waals surface area contributed by atoms with E-state index in [0.29, 0.717) is 12.1 Å². The zero-order chi connectivity index (χ0) is 13.8. The zero-order valence-corrected chi connectivity index (χ0v) is 12.0. The normalized spacial score (nSPS) is 13.1. The summed E-state index contributed by atoms with van der Waals surface area (Å²) in [7, 11) is 0. The first-order valence-corrected chi connectivity index (χ1v) is 6.67. The third-order valence-corrected chi connectivity index (χ3v) is 3.21. The van der Waals surface area contributed by atoms with Crippen LogP contribution in [0.4, 0.5) is 0 Å². The molecule has 2 aromatic rings. The van der Waals surface area contributed by atoms with Crippen molar-refractivity contribution in [3.63, 3.8) is 0 Å². The van der Waals surface area contributed by atoms with Crippen LogP contribution in [0.3, 0.4) is 0 Å². The Kier molecular flexibility index (Phi) is 4.31. The number of hydrogen-bond donors (Lipinski definition) is 1. The van der Waals surface area contributed by atoms with Gasteiger partial charge in [-0.05, 0) is 27.7 Å². The van der Waals surface area contributed by atoms with Gasteiger partial charge in [0.1, 0.15) is 18.0 Å². The summed E-state index contributed by atoms with van der Waals surface area (Å²) in [6, 6.07) is 0.739. The van der Waals surface area contributed by atoms with Gasteiger partial charge in [0, 0.05) is 31.0 Å². The van der Waals surface area contributed by atoms with Crippen molar-refractivity contribution in [3.8, 4) is 0 Å². The number of hydrogen-bond acceptors (Lipinski definition) is 4. The number of rotatable bonds is 6. The van der Waals surface area contributed by atoms with E-state index in [1.807, 2.05) is 19.3 Å². The van der Waals surface area contributed by atoms with E-state index in [2.05, 4.69) is 50.4 Å². The van der Waals surface area contributed by atoms with E-state index >= 15 is 0 Å². The molecule has 0 radical (unpaired) electrons. The van der Waals surface area contributed by atoms with Gasteiger partial charge in [-0.15, -0.1) is 10.2 Å². The predicted molar refractivity (Wildman–Crippen MR) is 73.7 cm³/mol. The van der Waals surface area contributed by atoms with Crippen LogP contribution < -0.4 is 5.32 Å². The topological polar surface area (TPSA) is 60.6 Å². The molecule has 6 heteroatoms. The fourth-order valence-corrected chi connectivity index (χ4v) is 2.05. The van der Waals surface area contributed by atoms with Crippen LogP contribution >= 0.6 is 0 Å². The number of nitrogens with zero attached hydrogens (tertiary/aromatic N) is 5. The fraction of sp³-hybridized carbons (Fsp3) is 0.615. The molecule has 0 fully saturated rings. The molecule has 0 saturated heterocycles. The van der Waals surface area contributed by atoms with E-state index in [4.69, 9.17) is 0 Å². The van der Waals surface area contributed by atoms with Crippen molar-refractivity contribution in [1.82, 2.24) is 29.6 Å². The average molecular weight is 262 g/mol. The van der Waals surface area contributed by atoms with E-state index in [0.717, 1.165) is 24.7 Å². The molecule has 2 rings (SSSR count). The Bertz CT molecular complexity index is 513. The summed E-state index contributed by atoms with van der Waals surface area (Å²) in [6.45, 7) is 10.1. The minimum Gasteiger partial charge on any atom is -0.334 e. The van der Waals surface area contributed by atoms with Crippen molar-refractivity contribution in [2.24, 2.45) is 0 Å². The lowest BCUT2D eigenvalue weighted by Crippen LogP contribution is -2.31. The molecule has 0 aromatic carbocycles. The van der Waals surface area contributed by atoms with Gasteiger partial charge in [-0.3, -0.25) is 0 Å². The number of imidazole rings is 1. The van der Waals surface area contributed by atoms with Gasteiger partial charge in [-0.25, -0.2) is 4.98 Å². The van der Waals surface area contributed by atoms with E-state index < -0.39 is 0 Å². The third-order valence-electron chi connectivity index (χ3n) is 3.21. The average Bonchev–Trinajstić information content (AvgIpc) is 2.96. The number of aryl methyl sites for hydroxylation is 1. The second kappa shape index (κ2) is 5.97. The van der Waals surface area contributed by atoms with E-state index in [-0.39, 0.29) is 0 Å². The van der Waals surface area contributed by atoms with Crippen LogP contribution in [0.15, 0.2) is 18.7 Å². The Balaban J connectivity index is 1.88. The van der Waals surface area contributed by atoms with Crippen LogP contribution in [0, 0.1) is 6.92 Å². The van der Waals surface area contributed by atoms with Gasteiger partial charge < -0.3 is 14.5 Å². The smallest absolute Gasteiger partial charge is 0.147 e. The number of nitrogens with one attached hydrogen (secondary N) is 1. The van der Waals surface area contributed by atoms with E-state index in [1.165, 1.54) is 0 Å². The lowest BCUT2D eigenvalue weighted by Gasteiger charge is -2.16. The molecule has 0 spiro atoms. The maximum Gasteiger partial charge on any atom is 0.147 e. The molecule has 6 nitrogen and oxygen atoms in total. The molecule has 1 N–H and O–H groups in total. The highest BCUT2D eigenvalue weighted by atomic mass is 15.3. The summed E-state index contributed by atoms with van der Waals surface area (Å²) in [5.41, 5.74) is 0. The molecule has 19 heavy (non-hydrogen) atoms. The fourth-order valence-electron chi connectivity index (χ4n) is 2.05. The Morgan fingerprint density at radius 1 is 1.32 bits per heavy atom. The Labute approximate surface area is 113 Å². The van der Waals surface area contributed by atoms with E-state index in [9.17, 15) is 0 Å². The van der Waals surface area contributed by atoms with Crippen molar-refractivity contribution >= 4 is 0 Å². The van der Waals surface area contributed by atoms with Gasteiger partial charge in [0.15, 0.2) is 0 Å². The zero-order valence-electron chi connectivity index (χ0n) is 12.0. The van der Waals surface area contributed by atoms with Crippen molar-refractivity contribution < 1.29 is 0 Å². The summed E-state index contributed by atoms with van der Waals surface area (Å²) in [4.78, 5) is 4.23. The first-order valence-electron chi connectivity index (χ1n) is 6.67. The lowest BCUT2D eigenvalue weighted by atomic mass is 10.3. The molecular weight excluding hydrogens is 240 g/mol. The van der Waals surface area contributed by atoms with Crippen LogP contribution in [-0.4, -0.2) is 30.4 Å². The van der Waals surface area contributed by atoms with Gasteiger partial charge in [0.2, 0.25) is 0 Å². The molecular formula is C13H22N6.